The first-order valence-corrected chi connectivity index (χ1v) is 12.5. The van der Waals surface area contributed by atoms with Crippen molar-refractivity contribution in [1.82, 2.24) is 9.80 Å². The Bertz CT molecular complexity index is 987. The second-order valence-corrected chi connectivity index (χ2v) is 10.5. The van der Waals surface area contributed by atoms with Crippen LogP contribution in [0.25, 0.3) is 0 Å². The number of aliphatic hydroxyl groups is 2. The van der Waals surface area contributed by atoms with Gasteiger partial charge in [-0.05, 0) is 50.7 Å². The minimum atomic E-state index is -1.16. The number of piperidine rings is 1. The standard InChI is InChI=1S/C28H39N3O5/c1-28(2,3)36-27(35)31-17-15-21(16-18-31)24(32)22(29)26(34)30(4)23(19-11-7-5-8-12-19)25(33)20-13-9-6-10-14-20/h5-14,21-25,32-33H,15-18,29H2,1-4H3/t22-,23+,24+,25+/m0/s1. The van der Waals surface area contributed by atoms with Gasteiger partial charge in [-0.3, -0.25) is 4.79 Å². The number of likely N-dealkylation sites (N-methyl/N-ethyl adjacent to an activating group) is 1. The fourth-order valence-corrected chi connectivity index (χ4v) is 4.66. The molecular formula is C28H39N3O5. The summed E-state index contributed by atoms with van der Waals surface area (Å²) in [7, 11) is 1.60. The Morgan fingerprint density at radius 3 is 1.97 bits per heavy atom. The van der Waals surface area contributed by atoms with Crippen molar-refractivity contribution < 1.29 is 24.5 Å². The monoisotopic (exact) mass is 497 g/mol. The molecule has 4 N–H and O–H groups in total. The molecule has 0 unspecified atom stereocenters. The van der Waals surface area contributed by atoms with E-state index in [1.807, 2.05) is 81.4 Å². The summed E-state index contributed by atoms with van der Waals surface area (Å²) in [6.45, 7) is 6.30. The lowest BCUT2D eigenvalue weighted by Crippen LogP contribution is -2.54. The number of carbonyl (C=O) groups is 2. The van der Waals surface area contributed by atoms with Crippen LogP contribution in [0.2, 0.25) is 0 Å². The van der Waals surface area contributed by atoms with Gasteiger partial charge in [0.25, 0.3) is 0 Å². The summed E-state index contributed by atoms with van der Waals surface area (Å²) in [6, 6.07) is 16.6. The highest BCUT2D eigenvalue weighted by atomic mass is 16.6. The molecule has 8 nitrogen and oxygen atoms in total. The zero-order chi connectivity index (χ0) is 26.5. The van der Waals surface area contributed by atoms with E-state index >= 15 is 0 Å². The number of hydrogen-bond acceptors (Lipinski definition) is 6. The summed E-state index contributed by atoms with van der Waals surface area (Å²) >= 11 is 0. The summed E-state index contributed by atoms with van der Waals surface area (Å²) in [6.07, 6.45) is -1.41. The van der Waals surface area contributed by atoms with Crippen LogP contribution in [0.5, 0.6) is 0 Å². The molecular weight excluding hydrogens is 458 g/mol. The Labute approximate surface area is 213 Å². The molecule has 2 aromatic rings. The molecule has 196 valence electrons. The lowest BCUT2D eigenvalue weighted by molar-refractivity contribution is -0.140. The van der Waals surface area contributed by atoms with E-state index in [2.05, 4.69) is 0 Å². The SMILES string of the molecule is CN(C(=O)[C@@H](N)[C@H](O)C1CCN(C(=O)OC(C)(C)C)CC1)[C@H](c1ccccc1)[C@H](O)c1ccccc1. The van der Waals surface area contributed by atoms with Crippen LogP contribution in [0, 0.1) is 5.92 Å². The second kappa shape index (κ2) is 11.9. The first kappa shape index (κ1) is 27.6. The summed E-state index contributed by atoms with van der Waals surface area (Å²) < 4.78 is 5.43. The minimum absolute atomic E-state index is 0.231. The van der Waals surface area contributed by atoms with Gasteiger partial charge in [-0.15, -0.1) is 0 Å². The third-order valence-corrected chi connectivity index (χ3v) is 6.67. The fraction of sp³-hybridized carbons (Fsp3) is 0.500. The van der Waals surface area contributed by atoms with Crippen molar-refractivity contribution in [3.05, 3.63) is 71.8 Å². The van der Waals surface area contributed by atoms with Crippen LogP contribution < -0.4 is 5.73 Å². The molecule has 2 aromatic carbocycles. The maximum atomic E-state index is 13.5. The normalized spacial score (nSPS) is 18.1. The van der Waals surface area contributed by atoms with Gasteiger partial charge in [-0.25, -0.2) is 4.79 Å². The lowest BCUT2D eigenvalue weighted by Gasteiger charge is -2.38. The predicted octanol–water partition coefficient (Wildman–Crippen LogP) is 3.26. The molecule has 1 heterocycles. The highest BCUT2D eigenvalue weighted by molar-refractivity contribution is 5.82. The zero-order valence-electron chi connectivity index (χ0n) is 21.6. The number of likely N-dealkylation sites (tertiary alicyclic amines) is 1. The molecule has 0 aliphatic carbocycles. The Morgan fingerprint density at radius 1 is 0.972 bits per heavy atom. The van der Waals surface area contributed by atoms with Crippen molar-refractivity contribution in [3.8, 4) is 0 Å². The predicted molar refractivity (Wildman–Crippen MR) is 138 cm³/mol. The van der Waals surface area contributed by atoms with Gasteiger partial charge in [0.1, 0.15) is 17.7 Å². The Balaban J connectivity index is 1.69. The third kappa shape index (κ3) is 6.84. The molecule has 3 rings (SSSR count). The first-order valence-electron chi connectivity index (χ1n) is 12.5. The van der Waals surface area contributed by atoms with E-state index in [0.717, 1.165) is 5.56 Å². The number of amides is 2. The van der Waals surface area contributed by atoms with Crippen molar-refractivity contribution in [2.75, 3.05) is 20.1 Å². The lowest BCUT2D eigenvalue weighted by atomic mass is 9.86. The van der Waals surface area contributed by atoms with E-state index in [4.69, 9.17) is 10.5 Å². The van der Waals surface area contributed by atoms with E-state index in [-0.39, 0.29) is 12.0 Å². The minimum Gasteiger partial charge on any atom is -0.444 e. The largest absolute Gasteiger partial charge is 0.444 e. The third-order valence-electron chi connectivity index (χ3n) is 6.67. The topological polar surface area (TPSA) is 116 Å². The second-order valence-electron chi connectivity index (χ2n) is 10.5. The number of nitrogens with two attached hydrogens (primary N) is 1. The molecule has 36 heavy (non-hydrogen) atoms. The molecule has 1 fully saturated rings. The number of benzene rings is 2. The van der Waals surface area contributed by atoms with Crippen molar-refractivity contribution in [2.24, 2.45) is 11.7 Å². The van der Waals surface area contributed by atoms with Crippen LogP contribution in [-0.4, -0.2) is 69.9 Å². The zero-order valence-corrected chi connectivity index (χ0v) is 21.6. The maximum Gasteiger partial charge on any atom is 0.410 e. The van der Waals surface area contributed by atoms with Gasteiger partial charge in [0.2, 0.25) is 5.91 Å². The molecule has 8 heteroatoms. The van der Waals surface area contributed by atoms with Gasteiger partial charge in [-0.2, -0.15) is 0 Å². The molecule has 1 aliphatic rings. The molecule has 1 aliphatic heterocycles. The summed E-state index contributed by atoms with van der Waals surface area (Å²) in [5.74, 6) is -0.689. The van der Waals surface area contributed by atoms with Crippen LogP contribution >= 0.6 is 0 Å². The first-order chi connectivity index (χ1) is 17.0. The van der Waals surface area contributed by atoms with Gasteiger partial charge in [0.05, 0.1) is 12.1 Å². The Morgan fingerprint density at radius 2 is 1.47 bits per heavy atom. The van der Waals surface area contributed by atoms with Crippen LogP contribution in [-0.2, 0) is 9.53 Å². The number of nitrogens with zero attached hydrogens (tertiary/aromatic N) is 2. The van der Waals surface area contributed by atoms with Crippen molar-refractivity contribution >= 4 is 12.0 Å². The molecule has 0 bridgehead atoms. The van der Waals surface area contributed by atoms with E-state index in [9.17, 15) is 19.8 Å². The van der Waals surface area contributed by atoms with Crippen LogP contribution in [0.3, 0.4) is 0 Å². The quantitative estimate of drug-likeness (QED) is 0.541. The van der Waals surface area contributed by atoms with E-state index in [1.54, 1.807) is 11.9 Å². The highest BCUT2D eigenvalue weighted by Gasteiger charge is 2.38. The van der Waals surface area contributed by atoms with Crippen LogP contribution in [0.1, 0.15) is 56.9 Å². The number of ether oxygens (including phenoxy) is 1. The molecule has 2 amide bonds. The molecule has 0 radical (unpaired) electrons. The molecule has 1 saturated heterocycles. The van der Waals surface area contributed by atoms with Crippen LogP contribution in [0.15, 0.2) is 60.7 Å². The average Bonchev–Trinajstić information content (AvgIpc) is 2.87. The van der Waals surface area contributed by atoms with Crippen LogP contribution in [0.4, 0.5) is 4.79 Å². The number of rotatable bonds is 7. The highest BCUT2D eigenvalue weighted by Crippen LogP contribution is 2.34. The van der Waals surface area contributed by atoms with Gasteiger partial charge < -0.3 is 30.5 Å². The summed E-state index contributed by atoms with van der Waals surface area (Å²) in [5.41, 5.74) is 7.16. The van der Waals surface area contributed by atoms with Gasteiger partial charge >= 0.3 is 6.09 Å². The maximum absolute atomic E-state index is 13.5. The van der Waals surface area contributed by atoms with E-state index in [1.165, 1.54) is 4.90 Å². The molecule has 0 spiro atoms. The average molecular weight is 498 g/mol. The van der Waals surface area contributed by atoms with Crippen molar-refractivity contribution in [3.63, 3.8) is 0 Å². The van der Waals surface area contributed by atoms with Crippen molar-refractivity contribution in [1.29, 1.82) is 0 Å². The van der Waals surface area contributed by atoms with E-state index in [0.29, 0.717) is 31.5 Å². The van der Waals surface area contributed by atoms with Gasteiger partial charge in [0.15, 0.2) is 0 Å². The number of hydrogen-bond donors (Lipinski definition) is 3. The number of carbonyl (C=O) groups excluding carboxylic acids is 2. The molecule has 0 saturated carbocycles. The van der Waals surface area contributed by atoms with E-state index < -0.39 is 35.8 Å². The smallest absolute Gasteiger partial charge is 0.410 e. The Hall–Kier alpha value is -2.94. The van der Waals surface area contributed by atoms with Gasteiger partial charge in [0, 0.05) is 20.1 Å². The Kier molecular flexibility index (Phi) is 9.11. The van der Waals surface area contributed by atoms with Crippen molar-refractivity contribution in [2.45, 2.75) is 63.5 Å². The molecule has 4 atom stereocenters. The fourth-order valence-electron chi connectivity index (χ4n) is 4.66. The molecule has 0 aromatic heterocycles. The number of aliphatic hydroxyl groups excluding tert-OH is 2. The van der Waals surface area contributed by atoms with Gasteiger partial charge in [-0.1, -0.05) is 60.7 Å². The summed E-state index contributed by atoms with van der Waals surface area (Å²) in [5, 5.41) is 22.2. The summed E-state index contributed by atoms with van der Waals surface area (Å²) in [4.78, 5) is 28.8.